The highest BCUT2D eigenvalue weighted by Crippen LogP contribution is 2.19. The zero-order valence-corrected chi connectivity index (χ0v) is 12.4. The first-order valence-corrected chi connectivity index (χ1v) is 7.24. The molecule has 21 heavy (non-hydrogen) atoms. The molecule has 1 aromatic carbocycles. The molecular formula is C15H23N3O3. The molecule has 1 heterocycles. The lowest BCUT2D eigenvalue weighted by Gasteiger charge is -2.29. The highest BCUT2D eigenvalue weighted by Gasteiger charge is 2.10. The van der Waals surface area contributed by atoms with Crippen LogP contribution in [-0.4, -0.2) is 59.0 Å². The predicted molar refractivity (Wildman–Crippen MR) is 81.9 cm³/mol. The minimum absolute atomic E-state index is 0.0245. The molecule has 116 valence electrons. The fraction of sp³-hybridized carbons (Fsp3) is 0.533. The number of methoxy groups -OCH3 is 1. The highest BCUT2D eigenvalue weighted by molar-refractivity contribution is 5.77. The number of nitrogens with zero attached hydrogens (tertiary/aromatic N) is 1. The number of piperazine rings is 1. The molecule has 1 aliphatic heterocycles. The van der Waals surface area contributed by atoms with Gasteiger partial charge in [0.05, 0.1) is 6.61 Å². The Kier molecular flexibility index (Phi) is 6.30. The van der Waals surface area contributed by atoms with Gasteiger partial charge in [-0.2, -0.15) is 0 Å². The molecule has 6 heteroatoms. The molecule has 0 aromatic heterocycles. The number of anilines is 1. The summed E-state index contributed by atoms with van der Waals surface area (Å²) in [6, 6.07) is 7.87. The van der Waals surface area contributed by atoms with E-state index < -0.39 is 0 Å². The zero-order valence-electron chi connectivity index (χ0n) is 12.4. The van der Waals surface area contributed by atoms with Crippen molar-refractivity contribution < 1.29 is 14.3 Å². The molecule has 0 radical (unpaired) electrons. The van der Waals surface area contributed by atoms with Crippen molar-refractivity contribution >= 4 is 11.6 Å². The molecule has 1 aliphatic rings. The van der Waals surface area contributed by atoms with Crippen molar-refractivity contribution in [1.82, 2.24) is 10.6 Å². The Labute approximate surface area is 125 Å². The summed E-state index contributed by atoms with van der Waals surface area (Å²) >= 11 is 0. The quantitative estimate of drug-likeness (QED) is 0.705. The number of carbonyl (C=O) groups is 1. The summed E-state index contributed by atoms with van der Waals surface area (Å²) in [4.78, 5) is 13.8. The number of ether oxygens (including phenoxy) is 2. The summed E-state index contributed by atoms with van der Waals surface area (Å²) in [6.45, 7) is 5.09. The monoisotopic (exact) mass is 293 g/mol. The molecule has 0 spiro atoms. The number of hydrogen-bond acceptors (Lipinski definition) is 5. The van der Waals surface area contributed by atoms with Crippen LogP contribution >= 0.6 is 0 Å². The lowest BCUT2D eigenvalue weighted by molar-refractivity contribution is -0.123. The van der Waals surface area contributed by atoms with Crippen LogP contribution in [0.3, 0.4) is 0 Å². The lowest BCUT2D eigenvalue weighted by atomic mass is 10.2. The number of rotatable bonds is 7. The molecule has 2 rings (SSSR count). The molecule has 6 nitrogen and oxygen atoms in total. The van der Waals surface area contributed by atoms with Gasteiger partial charge in [-0.1, -0.05) is 0 Å². The third kappa shape index (κ3) is 5.24. The number of carbonyl (C=O) groups excluding carboxylic acids is 1. The fourth-order valence-electron chi connectivity index (χ4n) is 2.17. The third-order valence-corrected chi connectivity index (χ3v) is 3.32. The average Bonchev–Trinajstić information content (AvgIpc) is 2.54. The van der Waals surface area contributed by atoms with Crippen molar-refractivity contribution in [3.8, 4) is 5.75 Å². The van der Waals surface area contributed by atoms with Gasteiger partial charge in [-0.3, -0.25) is 4.79 Å². The van der Waals surface area contributed by atoms with Gasteiger partial charge in [0.25, 0.3) is 5.91 Å². The minimum atomic E-state index is -0.141. The normalized spacial score (nSPS) is 14.8. The molecule has 1 saturated heterocycles. The van der Waals surface area contributed by atoms with E-state index in [2.05, 4.69) is 15.5 Å². The maximum atomic E-state index is 11.5. The summed E-state index contributed by atoms with van der Waals surface area (Å²) in [6.07, 6.45) is 0. The van der Waals surface area contributed by atoms with Gasteiger partial charge in [0.2, 0.25) is 0 Å². The van der Waals surface area contributed by atoms with Crippen LogP contribution in [-0.2, 0) is 9.53 Å². The first-order valence-electron chi connectivity index (χ1n) is 7.24. The second-order valence-electron chi connectivity index (χ2n) is 4.86. The summed E-state index contributed by atoms with van der Waals surface area (Å²) < 4.78 is 10.3. The summed E-state index contributed by atoms with van der Waals surface area (Å²) in [5.41, 5.74) is 1.19. The van der Waals surface area contributed by atoms with Crippen molar-refractivity contribution in [3.05, 3.63) is 24.3 Å². The van der Waals surface area contributed by atoms with E-state index in [9.17, 15) is 4.79 Å². The van der Waals surface area contributed by atoms with E-state index in [4.69, 9.17) is 9.47 Å². The number of benzene rings is 1. The second-order valence-corrected chi connectivity index (χ2v) is 4.86. The molecule has 1 aromatic rings. The van der Waals surface area contributed by atoms with Gasteiger partial charge in [-0.25, -0.2) is 0 Å². The van der Waals surface area contributed by atoms with Gasteiger partial charge in [-0.15, -0.1) is 0 Å². The van der Waals surface area contributed by atoms with Gasteiger partial charge in [0.1, 0.15) is 5.75 Å². The maximum Gasteiger partial charge on any atom is 0.258 e. The standard InChI is InChI=1S/C15H23N3O3/c1-20-11-8-17-15(19)12-21-14-4-2-13(3-5-14)18-9-6-16-7-10-18/h2-5,16H,6-12H2,1H3,(H,17,19). The smallest absolute Gasteiger partial charge is 0.258 e. The Morgan fingerprint density at radius 2 is 2.00 bits per heavy atom. The molecule has 0 aliphatic carbocycles. The minimum Gasteiger partial charge on any atom is -0.484 e. The largest absolute Gasteiger partial charge is 0.484 e. The Hall–Kier alpha value is -1.79. The molecule has 0 unspecified atom stereocenters. The molecule has 0 atom stereocenters. The number of amides is 1. The Bertz CT molecular complexity index is 430. The Morgan fingerprint density at radius 1 is 1.29 bits per heavy atom. The van der Waals surface area contributed by atoms with Crippen molar-refractivity contribution in [2.24, 2.45) is 0 Å². The van der Waals surface area contributed by atoms with E-state index in [1.54, 1.807) is 7.11 Å². The van der Waals surface area contributed by atoms with Crippen LogP contribution < -0.4 is 20.3 Å². The average molecular weight is 293 g/mol. The van der Waals surface area contributed by atoms with Gasteiger partial charge in [-0.05, 0) is 24.3 Å². The van der Waals surface area contributed by atoms with E-state index in [0.29, 0.717) is 18.9 Å². The Balaban J connectivity index is 1.75. The van der Waals surface area contributed by atoms with Crippen LogP contribution in [0, 0.1) is 0 Å². The summed E-state index contributed by atoms with van der Waals surface area (Å²) in [7, 11) is 1.60. The predicted octanol–water partition coefficient (Wildman–Crippen LogP) is 0.238. The molecule has 1 fully saturated rings. The van der Waals surface area contributed by atoms with Gasteiger partial charge < -0.3 is 25.0 Å². The van der Waals surface area contributed by atoms with Crippen molar-refractivity contribution in [2.45, 2.75) is 0 Å². The Morgan fingerprint density at radius 3 is 2.67 bits per heavy atom. The molecule has 1 amide bonds. The first-order chi connectivity index (χ1) is 10.3. The molecule has 2 N–H and O–H groups in total. The fourth-order valence-corrected chi connectivity index (χ4v) is 2.17. The van der Waals surface area contributed by atoms with Crippen LogP contribution in [0.1, 0.15) is 0 Å². The van der Waals surface area contributed by atoms with Crippen LogP contribution in [0.5, 0.6) is 5.75 Å². The zero-order chi connectivity index (χ0) is 14.9. The van der Waals surface area contributed by atoms with Crippen molar-refractivity contribution in [1.29, 1.82) is 0 Å². The first kappa shape index (κ1) is 15.6. The van der Waals surface area contributed by atoms with Crippen LogP contribution in [0.15, 0.2) is 24.3 Å². The summed E-state index contributed by atoms with van der Waals surface area (Å²) in [5.74, 6) is 0.564. The summed E-state index contributed by atoms with van der Waals surface area (Å²) in [5, 5.41) is 6.04. The molecule has 0 saturated carbocycles. The van der Waals surface area contributed by atoms with Crippen LogP contribution in [0.25, 0.3) is 0 Å². The van der Waals surface area contributed by atoms with E-state index in [0.717, 1.165) is 26.2 Å². The van der Waals surface area contributed by atoms with Gasteiger partial charge in [0, 0.05) is 45.5 Å². The number of nitrogens with one attached hydrogen (secondary N) is 2. The van der Waals surface area contributed by atoms with Gasteiger partial charge in [0.15, 0.2) is 6.61 Å². The third-order valence-electron chi connectivity index (χ3n) is 3.32. The van der Waals surface area contributed by atoms with Gasteiger partial charge >= 0.3 is 0 Å². The van der Waals surface area contributed by atoms with E-state index in [-0.39, 0.29) is 12.5 Å². The van der Waals surface area contributed by atoms with E-state index in [1.807, 2.05) is 24.3 Å². The SMILES string of the molecule is COCCNC(=O)COc1ccc(N2CCNCC2)cc1. The topological polar surface area (TPSA) is 62.8 Å². The van der Waals surface area contributed by atoms with Crippen LogP contribution in [0.2, 0.25) is 0 Å². The van der Waals surface area contributed by atoms with E-state index >= 15 is 0 Å². The highest BCUT2D eigenvalue weighted by atomic mass is 16.5. The second kappa shape index (κ2) is 8.49. The van der Waals surface area contributed by atoms with Crippen molar-refractivity contribution in [2.75, 3.05) is 57.9 Å². The van der Waals surface area contributed by atoms with Crippen LogP contribution in [0.4, 0.5) is 5.69 Å². The van der Waals surface area contributed by atoms with E-state index in [1.165, 1.54) is 5.69 Å². The van der Waals surface area contributed by atoms with Crippen molar-refractivity contribution in [3.63, 3.8) is 0 Å². The number of hydrogen-bond donors (Lipinski definition) is 2. The molecule has 0 bridgehead atoms. The molecular weight excluding hydrogens is 270 g/mol. The lowest BCUT2D eigenvalue weighted by Crippen LogP contribution is -2.43. The maximum absolute atomic E-state index is 11.5.